The van der Waals surface area contributed by atoms with Gasteiger partial charge in [-0.05, 0) is 44.2 Å². The first-order valence-electron chi connectivity index (χ1n) is 6.87. The molecule has 6 heteroatoms. The number of H-pyrrole nitrogens is 1. The fourth-order valence-electron chi connectivity index (χ4n) is 2.47. The zero-order valence-electron chi connectivity index (χ0n) is 11.3. The molecule has 20 heavy (non-hydrogen) atoms. The second-order valence-electron chi connectivity index (χ2n) is 4.77. The van der Waals surface area contributed by atoms with Crippen molar-refractivity contribution < 1.29 is 9.53 Å². The minimum absolute atomic E-state index is 0.259. The summed E-state index contributed by atoms with van der Waals surface area (Å²) in [6.07, 6.45) is 4.43. The van der Waals surface area contributed by atoms with Crippen molar-refractivity contribution in [3.63, 3.8) is 0 Å². The lowest BCUT2D eigenvalue weighted by Gasteiger charge is -2.14. The molecule has 0 amide bonds. The summed E-state index contributed by atoms with van der Waals surface area (Å²) in [5, 5.41) is 10.3. The van der Waals surface area contributed by atoms with Gasteiger partial charge in [-0.3, -0.25) is 10.1 Å². The quantitative estimate of drug-likeness (QED) is 0.863. The second kappa shape index (κ2) is 5.40. The zero-order valence-corrected chi connectivity index (χ0v) is 11.3. The van der Waals surface area contributed by atoms with Gasteiger partial charge in [0.1, 0.15) is 5.69 Å². The molecule has 2 aromatic heterocycles. The van der Waals surface area contributed by atoms with Crippen molar-refractivity contribution in [3.8, 4) is 11.4 Å². The van der Waals surface area contributed by atoms with Crippen LogP contribution >= 0.6 is 0 Å². The number of carbonyl (C=O) groups is 1. The lowest BCUT2D eigenvalue weighted by Crippen LogP contribution is -2.09. The van der Waals surface area contributed by atoms with E-state index in [-0.39, 0.29) is 5.69 Å². The number of nitrogens with zero attached hydrogens (tertiary/aromatic N) is 3. The van der Waals surface area contributed by atoms with Crippen LogP contribution in [0, 0.1) is 0 Å². The number of hydrogen-bond acceptors (Lipinski definition) is 5. The van der Waals surface area contributed by atoms with E-state index in [1.165, 1.54) is 12.0 Å². The Morgan fingerprint density at radius 2 is 2.20 bits per heavy atom. The Bertz CT molecular complexity index is 636. The minimum Gasteiger partial charge on any atom is -0.461 e. The average molecular weight is 272 g/mol. The van der Waals surface area contributed by atoms with E-state index >= 15 is 0 Å². The van der Waals surface area contributed by atoms with Crippen molar-refractivity contribution in [1.82, 2.24) is 20.4 Å². The molecular formula is C14H16N4O2. The smallest absolute Gasteiger partial charge is 0.358 e. The van der Waals surface area contributed by atoms with E-state index in [1.807, 2.05) is 6.07 Å². The number of carbonyl (C=O) groups excluding carboxylic acids is 1. The van der Waals surface area contributed by atoms with Gasteiger partial charge >= 0.3 is 5.97 Å². The number of esters is 1. The van der Waals surface area contributed by atoms with Crippen molar-refractivity contribution in [1.29, 1.82) is 0 Å². The van der Waals surface area contributed by atoms with Gasteiger partial charge in [0.2, 0.25) is 0 Å². The highest BCUT2D eigenvalue weighted by Crippen LogP contribution is 2.24. The lowest BCUT2D eigenvalue weighted by molar-refractivity contribution is 0.0520. The highest BCUT2D eigenvalue weighted by atomic mass is 16.5. The van der Waals surface area contributed by atoms with Gasteiger partial charge in [0.05, 0.1) is 12.3 Å². The van der Waals surface area contributed by atoms with Gasteiger partial charge in [-0.25, -0.2) is 4.79 Å². The third-order valence-electron chi connectivity index (χ3n) is 3.45. The predicted molar refractivity (Wildman–Crippen MR) is 72.2 cm³/mol. The maximum absolute atomic E-state index is 11.8. The van der Waals surface area contributed by atoms with Gasteiger partial charge in [-0.2, -0.15) is 0 Å². The molecule has 0 spiro atoms. The molecule has 0 aliphatic heterocycles. The van der Waals surface area contributed by atoms with E-state index in [9.17, 15) is 4.79 Å². The van der Waals surface area contributed by atoms with E-state index in [2.05, 4.69) is 26.5 Å². The molecule has 2 aromatic rings. The van der Waals surface area contributed by atoms with Crippen LogP contribution in [0.3, 0.4) is 0 Å². The van der Waals surface area contributed by atoms with Gasteiger partial charge in [-0.1, -0.05) is 11.3 Å². The molecule has 1 aliphatic carbocycles. The Morgan fingerprint density at radius 3 is 3.05 bits per heavy atom. The summed E-state index contributed by atoms with van der Waals surface area (Å²) in [6, 6.07) is 3.96. The molecule has 0 fully saturated rings. The summed E-state index contributed by atoms with van der Waals surface area (Å²) in [7, 11) is 0. The highest BCUT2D eigenvalue weighted by Gasteiger charge is 2.20. The fraction of sp³-hybridized carbons (Fsp3) is 0.429. The number of aryl methyl sites for hydroxylation is 2. The Balaban J connectivity index is 1.97. The van der Waals surface area contributed by atoms with Gasteiger partial charge in [-0.15, -0.1) is 5.10 Å². The van der Waals surface area contributed by atoms with Crippen LogP contribution in [0.5, 0.6) is 0 Å². The monoisotopic (exact) mass is 272 g/mol. The van der Waals surface area contributed by atoms with Crippen LogP contribution in [-0.4, -0.2) is 33.0 Å². The summed E-state index contributed by atoms with van der Waals surface area (Å²) < 4.78 is 4.98. The summed E-state index contributed by atoms with van der Waals surface area (Å²) >= 11 is 0. The molecule has 0 radical (unpaired) electrons. The van der Waals surface area contributed by atoms with Gasteiger partial charge in [0.25, 0.3) is 0 Å². The Morgan fingerprint density at radius 1 is 1.35 bits per heavy atom. The van der Waals surface area contributed by atoms with Gasteiger partial charge in [0.15, 0.2) is 5.69 Å². The van der Waals surface area contributed by atoms with E-state index in [4.69, 9.17) is 4.74 Å². The molecule has 0 unspecified atom stereocenters. The third kappa shape index (κ3) is 2.29. The van der Waals surface area contributed by atoms with Crippen LogP contribution < -0.4 is 0 Å². The third-order valence-corrected chi connectivity index (χ3v) is 3.45. The molecule has 0 bridgehead atoms. The number of hydrogen-bond donors (Lipinski definition) is 1. The van der Waals surface area contributed by atoms with Crippen LogP contribution in [0.4, 0.5) is 0 Å². The summed E-state index contributed by atoms with van der Waals surface area (Å²) in [4.78, 5) is 16.5. The first-order valence-corrected chi connectivity index (χ1v) is 6.87. The number of aromatic nitrogens is 4. The van der Waals surface area contributed by atoms with Gasteiger partial charge in [0, 0.05) is 5.69 Å². The zero-order chi connectivity index (χ0) is 13.9. The maximum atomic E-state index is 11.8. The SMILES string of the molecule is CCOC(=O)c1[nH]nnc1-c1ccc2c(n1)CCCC2. The number of pyridine rings is 1. The molecule has 1 N–H and O–H groups in total. The molecule has 3 rings (SSSR count). The number of ether oxygens (including phenoxy) is 1. The second-order valence-corrected chi connectivity index (χ2v) is 4.77. The van der Waals surface area contributed by atoms with E-state index in [0.717, 1.165) is 25.0 Å². The van der Waals surface area contributed by atoms with E-state index in [0.29, 0.717) is 18.0 Å². The molecule has 0 saturated carbocycles. The topological polar surface area (TPSA) is 80.8 Å². The van der Waals surface area contributed by atoms with Crippen molar-refractivity contribution >= 4 is 5.97 Å². The highest BCUT2D eigenvalue weighted by molar-refractivity contribution is 5.93. The first-order chi connectivity index (χ1) is 9.79. The Labute approximate surface area is 116 Å². The first kappa shape index (κ1) is 12.8. The number of rotatable bonds is 3. The summed E-state index contributed by atoms with van der Waals surface area (Å²) in [6.45, 7) is 2.08. The Hall–Kier alpha value is -2.24. The normalized spacial score (nSPS) is 13.8. The van der Waals surface area contributed by atoms with Crippen molar-refractivity contribution in [2.24, 2.45) is 0 Å². The fourth-order valence-corrected chi connectivity index (χ4v) is 2.47. The average Bonchev–Trinajstić information content (AvgIpc) is 2.96. The predicted octanol–water partition coefficient (Wildman–Crippen LogP) is 1.92. The van der Waals surface area contributed by atoms with Crippen LogP contribution in [0.2, 0.25) is 0 Å². The molecule has 0 aromatic carbocycles. The molecular weight excluding hydrogens is 256 g/mol. The number of aromatic amines is 1. The standard InChI is InChI=1S/C14H16N4O2/c1-2-20-14(19)13-12(16-18-17-13)11-8-7-9-5-3-4-6-10(9)15-11/h7-8H,2-6H2,1H3,(H,16,17,18). The van der Waals surface area contributed by atoms with E-state index < -0.39 is 5.97 Å². The molecule has 1 aliphatic rings. The molecule has 104 valence electrons. The van der Waals surface area contributed by atoms with Crippen molar-refractivity contribution in [3.05, 3.63) is 29.1 Å². The minimum atomic E-state index is -0.452. The van der Waals surface area contributed by atoms with Crippen LogP contribution in [0.15, 0.2) is 12.1 Å². The van der Waals surface area contributed by atoms with Crippen LogP contribution in [-0.2, 0) is 17.6 Å². The van der Waals surface area contributed by atoms with Crippen LogP contribution in [0.25, 0.3) is 11.4 Å². The number of fused-ring (bicyclic) bond motifs is 1. The van der Waals surface area contributed by atoms with Crippen molar-refractivity contribution in [2.45, 2.75) is 32.6 Å². The largest absolute Gasteiger partial charge is 0.461 e. The Kier molecular flexibility index (Phi) is 3.45. The molecule has 0 saturated heterocycles. The maximum Gasteiger partial charge on any atom is 0.358 e. The number of nitrogens with one attached hydrogen (secondary N) is 1. The molecule has 6 nitrogen and oxygen atoms in total. The molecule has 0 atom stereocenters. The summed E-state index contributed by atoms with van der Waals surface area (Å²) in [5.74, 6) is -0.452. The van der Waals surface area contributed by atoms with E-state index in [1.54, 1.807) is 6.92 Å². The van der Waals surface area contributed by atoms with Crippen LogP contribution in [0.1, 0.15) is 41.5 Å². The van der Waals surface area contributed by atoms with Gasteiger partial charge < -0.3 is 4.74 Å². The summed E-state index contributed by atoms with van der Waals surface area (Å²) in [5.41, 5.74) is 3.78. The molecule has 2 heterocycles. The lowest BCUT2D eigenvalue weighted by atomic mass is 9.95. The van der Waals surface area contributed by atoms with Crippen molar-refractivity contribution in [2.75, 3.05) is 6.61 Å².